The SMILES string of the molecule is CC1(C)[C@@H](O[C@@H]2OC[C@H](O[C@@H]3O[C@H](CO[C@@H]4O[C@H](CO)[C@@H](O)[C@H](O)[C@H]4O)[C@@H](O)[C@H](O[C@@H]4O[C@H](CO)[C@@H](O)[C@H](O)[C@H]4O)[C@H]3O[C@@H]3OC[C@@H](O)[C@H](O)[C@H]3O)[C@H](O)[C@H]2O[C@@H]2O[C@H](CO)[C@@H](O)[C@H](O)[C@H]2O)CC[C@]2(C)[C@H]3CC[C@]45OC[C@@]6(CC[C@](C)(C=O)C[C@H]64)[C@H](O)C[C@@]5(C)[C@]3(C)CC[C@@H]12. The van der Waals surface area contributed by atoms with Gasteiger partial charge in [0, 0.05) is 16.2 Å². The van der Waals surface area contributed by atoms with Crippen LogP contribution in [0.15, 0.2) is 0 Å². The average Bonchev–Trinajstić information content (AvgIpc) is 1.30. The molecule has 7 saturated heterocycles. The minimum absolute atomic E-state index is 0.00932. The molecular formula is C64H104O32. The van der Waals surface area contributed by atoms with E-state index in [1.54, 1.807) is 0 Å². The van der Waals surface area contributed by atoms with E-state index in [4.69, 9.17) is 61.6 Å². The van der Waals surface area contributed by atoms with Crippen molar-refractivity contribution in [2.24, 2.45) is 50.2 Å². The van der Waals surface area contributed by atoms with E-state index in [0.717, 1.165) is 38.4 Å². The lowest BCUT2D eigenvalue weighted by Crippen LogP contribution is -2.74. The molecule has 32 heteroatoms. The van der Waals surface area contributed by atoms with Gasteiger partial charge < -0.3 is 158 Å². The number of aliphatic hydroxyl groups excluding tert-OH is 18. The molecule has 5 aliphatic carbocycles. The Morgan fingerprint density at radius 1 is 0.448 bits per heavy atom. The van der Waals surface area contributed by atoms with Crippen LogP contribution in [0.4, 0.5) is 0 Å². The van der Waals surface area contributed by atoms with Gasteiger partial charge in [-0.3, -0.25) is 0 Å². The van der Waals surface area contributed by atoms with Crippen molar-refractivity contribution in [2.45, 2.75) is 296 Å². The first kappa shape index (κ1) is 74.2. The Kier molecular flexibility index (Phi) is 21.2. The first-order valence-electron chi connectivity index (χ1n) is 34.1. The van der Waals surface area contributed by atoms with E-state index >= 15 is 0 Å². The molecule has 12 fully saturated rings. The Hall–Kier alpha value is -1.57. The molecule has 39 atom stereocenters. The Balaban J connectivity index is 0.844. The van der Waals surface area contributed by atoms with Gasteiger partial charge in [0.1, 0.15) is 141 Å². The van der Waals surface area contributed by atoms with E-state index < -0.39 is 251 Å². The molecule has 552 valence electrons. The van der Waals surface area contributed by atoms with Gasteiger partial charge in [-0.15, -0.1) is 0 Å². The predicted octanol–water partition coefficient (Wildman–Crippen LogP) is -6.25. The molecule has 12 aliphatic rings. The molecular weight excluding hydrogens is 1280 g/mol. The largest absolute Gasteiger partial charge is 0.394 e. The zero-order valence-corrected chi connectivity index (χ0v) is 54.9. The number of ether oxygens (including phenoxy) is 13. The van der Waals surface area contributed by atoms with Gasteiger partial charge in [0.15, 0.2) is 37.7 Å². The van der Waals surface area contributed by atoms with Gasteiger partial charge in [-0.05, 0) is 98.2 Å². The maximum atomic E-state index is 12.9. The first-order valence-corrected chi connectivity index (χ1v) is 34.1. The van der Waals surface area contributed by atoms with Crippen LogP contribution in [0.25, 0.3) is 0 Å². The van der Waals surface area contributed by atoms with Gasteiger partial charge in [-0.2, -0.15) is 0 Å². The fraction of sp³-hybridized carbons (Fsp3) is 0.984. The molecule has 0 amide bonds. The van der Waals surface area contributed by atoms with Crippen LogP contribution in [0.1, 0.15) is 106 Å². The number of hydrogen-bond acceptors (Lipinski definition) is 32. The standard InChI is InChI=1S/C64H104O32/c1-58(2)31-7-11-61(5)32(8-12-64-33-15-59(3,23-68)13-14-63(33,24-87-64)34(70)16-62(61,64)6)60(31,4)10-9-35(58)93-56-50(95-55-48(83)44(79)39(74)28(19-67)90-55)41(76)30(22-86-56)92-57-51(96-53-45(80)36(71)25(69)20-84-53)49(94-54-47(82)43(78)38(73)27(18-66)89-54)40(75)29(91-57)21-85-52-46(81)42(77)37(72)26(17-65)88-52/h23,25-57,65-67,69-83H,7-22,24H2,1-6H3/t25-,26-,27-,28-,29-,30+,31+,32-,33-,34-,35+,36+,37-,38-,39-,40-,41+,42+,43+,44+,45-,46-,47-,48-,49+,50-,51-,52-,53+,54+,55+,56+,57+,59+,60+,61-,62+,63-,64+/m1/s1. The molecule has 7 heterocycles. The van der Waals surface area contributed by atoms with Gasteiger partial charge in [-0.1, -0.05) is 41.5 Å². The maximum Gasteiger partial charge on any atom is 0.187 e. The molecule has 32 nitrogen and oxygen atoms in total. The second-order valence-corrected chi connectivity index (χ2v) is 31.5. The summed E-state index contributed by atoms with van der Waals surface area (Å²) in [4.78, 5) is 12.7. The van der Waals surface area contributed by atoms with Crippen LogP contribution in [-0.2, 0) is 66.4 Å². The Labute approximate surface area is 555 Å². The summed E-state index contributed by atoms with van der Waals surface area (Å²) in [7, 11) is 0. The smallest absolute Gasteiger partial charge is 0.187 e. The van der Waals surface area contributed by atoms with Crippen molar-refractivity contribution < 1.29 is 158 Å². The van der Waals surface area contributed by atoms with Crippen LogP contribution in [0.3, 0.4) is 0 Å². The van der Waals surface area contributed by atoms with Gasteiger partial charge in [0.2, 0.25) is 0 Å². The predicted molar refractivity (Wildman–Crippen MR) is 316 cm³/mol. The van der Waals surface area contributed by atoms with Crippen LogP contribution in [0.5, 0.6) is 0 Å². The molecule has 1 spiro atoms. The molecule has 0 aromatic rings. The number of carbonyl (C=O) groups excluding carboxylic acids is 1. The van der Waals surface area contributed by atoms with Crippen molar-refractivity contribution >= 4 is 6.29 Å². The van der Waals surface area contributed by atoms with Crippen molar-refractivity contribution in [3.63, 3.8) is 0 Å². The summed E-state index contributed by atoms with van der Waals surface area (Å²) < 4.78 is 81.1. The van der Waals surface area contributed by atoms with Crippen molar-refractivity contribution in [2.75, 3.05) is 46.2 Å². The summed E-state index contributed by atoms with van der Waals surface area (Å²) in [6, 6.07) is 0. The van der Waals surface area contributed by atoms with Crippen LogP contribution in [0, 0.1) is 50.2 Å². The van der Waals surface area contributed by atoms with E-state index in [1.807, 2.05) is 6.92 Å². The first-order chi connectivity index (χ1) is 45.2. The van der Waals surface area contributed by atoms with E-state index in [1.165, 1.54) is 0 Å². The summed E-state index contributed by atoms with van der Waals surface area (Å²) in [6.07, 6.45) is -46.0. The molecule has 0 radical (unpaired) electrons. The summed E-state index contributed by atoms with van der Waals surface area (Å²) in [6.45, 7) is 9.02. The van der Waals surface area contributed by atoms with Crippen LogP contribution >= 0.6 is 0 Å². The lowest BCUT2D eigenvalue weighted by atomic mass is 9.30. The third-order valence-corrected chi connectivity index (χ3v) is 26.2. The second-order valence-electron chi connectivity index (χ2n) is 31.5. The fourth-order valence-electron chi connectivity index (χ4n) is 20.2. The summed E-state index contributed by atoms with van der Waals surface area (Å²) in [5.74, 6) is 0.190. The molecule has 2 bridgehead atoms. The summed E-state index contributed by atoms with van der Waals surface area (Å²) in [5.41, 5.74) is -3.16. The third kappa shape index (κ3) is 11.9. The van der Waals surface area contributed by atoms with E-state index in [2.05, 4.69) is 34.6 Å². The summed E-state index contributed by atoms with van der Waals surface area (Å²) >= 11 is 0. The number of rotatable bonds is 17. The number of hydrogen-bond donors (Lipinski definition) is 18. The van der Waals surface area contributed by atoms with Crippen molar-refractivity contribution in [1.29, 1.82) is 0 Å². The Morgan fingerprint density at radius 2 is 0.990 bits per heavy atom. The highest BCUT2D eigenvalue weighted by Gasteiger charge is 2.80. The summed E-state index contributed by atoms with van der Waals surface area (Å²) in [5, 5.41) is 199. The number of aldehydes is 1. The zero-order chi connectivity index (χ0) is 69.5. The number of fused-ring (bicyclic) bond motifs is 4. The quantitative estimate of drug-likeness (QED) is 0.0476. The zero-order valence-electron chi connectivity index (χ0n) is 54.9. The van der Waals surface area contributed by atoms with Crippen LogP contribution < -0.4 is 0 Å². The minimum Gasteiger partial charge on any atom is -0.394 e. The van der Waals surface area contributed by atoms with Crippen molar-refractivity contribution in [1.82, 2.24) is 0 Å². The van der Waals surface area contributed by atoms with E-state index in [-0.39, 0.29) is 28.6 Å². The molecule has 0 unspecified atom stereocenters. The molecule has 5 saturated carbocycles. The normalized spacial score (nSPS) is 57.2. The van der Waals surface area contributed by atoms with Crippen molar-refractivity contribution in [3.05, 3.63) is 0 Å². The number of aliphatic hydroxyl groups is 18. The molecule has 0 aromatic heterocycles. The molecule has 12 rings (SSSR count). The van der Waals surface area contributed by atoms with Gasteiger partial charge in [0.25, 0.3) is 0 Å². The minimum atomic E-state index is -2.14. The molecule has 0 aromatic carbocycles. The lowest BCUT2D eigenvalue weighted by Gasteiger charge is -2.75. The van der Waals surface area contributed by atoms with Gasteiger partial charge >= 0.3 is 0 Å². The van der Waals surface area contributed by atoms with E-state index in [9.17, 15) is 96.7 Å². The van der Waals surface area contributed by atoms with Crippen molar-refractivity contribution in [3.8, 4) is 0 Å². The highest BCUT2D eigenvalue weighted by atomic mass is 16.8. The third-order valence-electron chi connectivity index (χ3n) is 26.2. The average molecular weight is 1390 g/mol. The van der Waals surface area contributed by atoms with E-state index in [0.29, 0.717) is 38.7 Å². The number of carbonyl (C=O) groups is 1. The maximum absolute atomic E-state index is 12.9. The molecule has 18 N–H and O–H groups in total. The van der Waals surface area contributed by atoms with Crippen LogP contribution in [-0.4, -0.2) is 334 Å². The topological polar surface area (TPSA) is 501 Å². The van der Waals surface area contributed by atoms with Gasteiger partial charge in [0.05, 0.1) is 64.1 Å². The fourth-order valence-corrected chi connectivity index (χ4v) is 20.2. The highest BCUT2D eigenvalue weighted by molar-refractivity contribution is 5.59. The monoisotopic (exact) mass is 1380 g/mol. The second kappa shape index (κ2) is 27.5. The Morgan fingerprint density at radius 3 is 1.59 bits per heavy atom. The van der Waals surface area contributed by atoms with Crippen LogP contribution in [0.2, 0.25) is 0 Å². The highest BCUT2D eigenvalue weighted by Crippen LogP contribution is 2.80. The Bertz CT molecular complexity index is 2670. The molecule has 96 heavy (non-hydrogen) atoms. The lowest BCUT2D eigenvalue weighted by molar-refractivity contribution is -0.407. The van der Waals surface area contributed by atoms with Gasteiger partial charge in [-0.25, -0.2) is 0 Å². The molecule has 7 aliphatic heterocycles.